The van der Waals surface area contributed by atoms with Crippen molar-refractivity contribution in [2.75, 3.05) is 18.5 Å². The van der Waals surface area contributed by atoms with E-state index in [-0.39, 0.29) is 23.2 Å². The number of anilines is 1. The summed E-state index contributed by atoms with van der Waals surface area (Å²) in [6.45, 7) is 1.22. The average molecular weight is 248 g/mol. The molecule has 1 fully saturated rings. The molecule has 7 heteroatoms. The Labute approximate surface area is 104 Å². The molecule has 1 unspecified atom stereocenters. The van der Waals surface area contributed by atoms with E-state index in [0.29, 0.717) is 6.54 Å². The third-order valence-electron chi connectivity index (χ3n) is 2.71. The van der Waals surface area contributed by atoms with E-state index < -0.39 is 4.92 Å². The number of hydrogen-bond donors (Lipinski definition) is 1. The molecule has 7 nitrogen and oxygen atoms in total. The van der Waals surface area contributed by atoms with Crippen LogP contribution in [0.4, 0.5) is 11.5 Å². The van der Waals surface area contributed by atoms with Gasteiger partial charge in [-0.1, -0.05) is 0 Å². The maximum atomic E-state index is 10.9. The highest BCUT2D eigenvalue weighted by Gasteiger charge is 2.19. The average Bonchev–Trinajstić information content (AvgIpc) is 2.89. The third kappa shape index (κ3) is 2.73. The van der Waals surface area contributed by atoms with Crippen LogP contribution in [0.2, 0.25) is 0 Å². The summed E-state index contributed by atoms with van der Waals surface area (Å²) in [5.41, 5.74) is -0.0172. The van der Waals surface area contributed by atoms with E-state index in [4.69, 9.17) is 10.00 Å². The molecule has 0 aromatic carbocycles. The van der Waals surface area contributed by atoms with Gasteiger partial charge in [-0.2, -0.15) is 5.26 Å². The molecule has 2 heterocycles. The zero-order valence-corrected chi connectivity index (χ0v) is 9.63. The molecule has 0 amide bonds. The summed E-state index contributed by atoms with van der Waals surface area (Å²) < 4.78 is 5.41. The summed E-state index contributed by atoms with van der Waals surface area (Å²) >= 11 is 0. The Bertz CT molecular complexity index is 492. The molecule has 0 radical (unpaired) electrons. The molecule has 1 aromatic rings. The van der Waals surface area contributed by atoms with Gasteiger partial charge in [-0.3, -0.25) is 10.1 Å². The van der Waals surface area contributed by atoms with E-state index >= 15 is 0 Å². The number of nitriles is 1. The van der Waals surface area contributed by atoms with Crippen molar-refractivity contribution < 1.29 is 9.66 Å². The molecule has 18 heavy (non-hydrogen) atoms. The number of ether oxygens (including phenoxy) is 1. The maximum absolute atomic E-state index is 10.9. The highest BCUT2D eigenvalue weighted by Crippen LogP contribution is 2.23. The molecular weight excluding hydrogens is 236 g/mol. The largest absolute Gasteiger partial charge is 0.376 e. The minimum Gasteiger partial charge on any atom is -0.376 e. The topological polar surface area (TPSA) is 101 Å². The van der Waals surface area contributed by atoms with Crippen molar-refractivity contribution in [3.63, 3.8) is 0 Å². The SMILES string of the molecule is N#Cc1cnc(NCC2CCCO2)c([N+](=O)[O-])c1. The van der Waals surface area contributed by atoms with Crippen LogP contribution in [-0.4, -0.2) is 29.2 Å². The fraction of sp³-hybridized carbons (Fsp3) is 0.455. The first-order chi connectivity index (χ1) is 8.70. The molecule has 1 aliphatic rings. The lowest BCUT2D eigenvalue weighted by Crippen LogP contribution is -2.19. The molecule has 1 aromatic heterocycles. The van der Waals surface area contributed by atoms with Crippen LogP contribution in [0.1, 0.15) is 18.4 Å². The first-order valence-electron chi connectivity index (χ1n) is 5.60. The molecular formula is C11H12N4O3. The van der Waals surface area contributed by atoms with Gasteiger partial charge in [0.25, 0.3) is 0 Å². The van der Waals surface area contributed by atoms with Crippen LogP contribution in [0.15, 0.2) is 12.3 Å². The van der Waals surface area contributed by atoms with Crippen LogP contribution in [0.25, 0.3) is 0 Å². The monoisotopic (exact) mass is 248 g/mol. The van der Waals surface area contributed by atoms with Crippen molar-refractivity contribution in [3.8, 4) is 6.07 Å². The van der Waals surface area contributed by atoms with E-state index in [1.54, 1.807) is 0 Å². The van der Waals surface area contributed by atoms with Gasteiger partial charge in [0.05, 0.1) is 16.6 Å². The summed E-state index contributed by atoms with van der Waals surface area (Å²) in [6, 6.07) is 3.04. The highest BCUT2D eigenvalue weighted by molar-refractivity contribution is 5.58. The first-order valence-corrected chi connectivity index (χ1v) is 5.60. The second kappa shape index (κ2) is 5.42. The van der Waals surface area contributed by atoms with Crippen molar-refractivity contribution in [1.82, 2.24) is 4.98 Å². The molecule has 0 saturated carbocycles. The summed E-state index contributed by atoms with van der Waals surface area (Å²) in [5.74, 6) is 0.175. The van der Waals surface area contributed by atoms with Crippen molar-refractivity contribution in [3.05, 3.63) is 27.9 Å². The van der Waals surface area contributed by atoms with Gasteiger partial charge in [0, 0.05) is 25.4 Å². The zero-order valence-electron chi connectivity index (χ0n) is 9.63. The standard InChI is InChI=1S/C11H12N4O3/c12-5-8-4-10(15(16)17)11(13-6-8)14-7-9-2-1-3-18-9/h4,6,9H,1-3,7H2,(H,13,14). The quantitative estimate of drug-likeness (QED) is 0.639. The summed E-state index contributed by atoms with van der Waals surface area (Å²) in [7, 11) is 0. The Balaban J connectivity index is 2.11. The molecule has 1 saturated heterocycles. The van der Waals surface area contributed by atoms with Crippen molar-refractivity contribution in [2.45, 2.75) is 18.9 Å². The lowest BCUT2D eigenvalue weighted by molar-refractivity contribution is -0.384. The lowest BCUT2D eigenvalue weighted by atomic mass is 10.2. The lowest BCUT2D eigenvalue weighted by Gasteiger charge is -2.11. The normalized spacial score (nSPS) is 18.3. The smallest absolute Gasteiger partial charge is 0.312 e. The van der Waals surface area contributed by atoms with Gasteiger partial charge >= 0.3 is 5.69 Å². The number of pyridine rings is 1. The molecule has 1 N–H and O–H groups in total. The number of rotatable bonds is 4. The number of nitro groups is 1. The molecule has 0 spiro atoms. The molecule has 0 bridgehead atoms. The van der Waals surface area contributed by atoms with Crippen molar-refractivity contribution in [2.24, 2.45) is 0 Å². The van der Waals surface area contributed by atoms with Crippen LogP contribution < -0.4 is 5.32 Å². The Kier molecular flexibility index (Phi) is 3.69. The summed E-state index contributed by atoms with van der Waals surface area (Å²) in [5, 5.41) is 22.5. The second-order valence-electron chi connectivity index (χ2n) is 3.98. The van der Waals surface area contributed by atoms with Crippen LogP contribution in [0.3, 0.4) is 0 Å². The van der Waals surface area contributed by atoms with E-state index in [0.717, 1.165) is 19.4 Å². The number of nitrogens with one attached hydrogen (secondary N) is 1. The van der Waals surface area contributed by atoms with Gasteiger partial charge in [0.15, 0.2) is 0 Å². The van der Waals surface area contributed by atoms with Gasteiger partial charge in [-0.05, 0) is 12.8 Å². The van der Waals surface area contributed by atoms with Crippen molar-refractivity contribution in [1.29, 1.82) is 5.26 Å². The fourth-order valence-electron chi connectivity index (χ4n) is 1.81. The summed E-state index contributed by atoms with van der Waals surface area (Å²) in [6.07, 6.45) is 3.33. The molecule has 1 atom stereocenters. The van der Waals surface area contributed by atoms with Crippen LogP contribution >= 0.6 is 0 Å². The maximum Gasteiger partial charge on any atom is 0.312 e. The van der Waals surface area contributed by atoms with Gasteiger partial charge in [0.2, 0.25) is 5.82 Å². The highest BCUT2D eigenvalue weighted by atomic mass is 16.6. The Morgan fingerprint density at radius 2 is 2.56 bits per heavy atom. The van der Waals surface area contributed by atoms with Gasteiger partial charge < -0.3 is 10.1 Å². The fourth-order valence-corrected chi connectivity index (χ4v) is 1.81. The van der Waals surface area contributed by atoms with E-state index in [1.165, 1.54) is 12.3 Å². The van der Waals surface area contributed by atoms with Gasteiger partial charge in [-0.15, -0.1) is 0 Å². The number of nitrogens with zero attached hydrogens (tertiary/aromatic N) is 3. The zero-order chi connectivity index (χ0) is 13.0. The van der Waals surface area contributed by atoms with Crippen molar-refractivity contribution >= 4 is 11.5 Å². The van der Waals surface area contributed by atoms with E-state index in [2.05, 4.69) is 10.3 Å². The Morgan fingerprint density at radius 1 is 1.72 bits per heavy atom. The second-order valence-corrected chi connectivity index (χ2v) is 3.98. The van der Waals surface area contributed by atoms with E-state index in [1.807, 2.05) is 6.07 Å². The minimum absolute atomic E-state index is 0.0713. The predicted molar refractivity (Wildman–Crippen MR) is 63.1 cm³/mol. The van der Waals surface area contributed by atoms with Crippen LogP contribution in [-0.2, 0) is 4.74 Å². The van der Waals surface area contributed by atoms with Crippen LogP contribution in [0.5, 0.6) is 0 Å². The van der Waals surface area contributed by atoms with Crippen LogP contribution in [0, 0.1) is 21.4 Å². The number of hydrogen-bond acceptors (Lipinski definition) is 6. The Hall–Kier alpha value is -2.20. The Morgan fingerprint density at radius 3 is 3.17 bits per heavy atom. The molecule has 94 valence electrons. The van der Waals surface area contributed by atoms with E-state index in [9.17, 15) is 10.1 Å². The molecule has 1 aliphatic heterocycles. The predicted octanol–water partition coefficient (Wildman–Crippen LogP) is 1.45. The third-order valence-corrected chi connectivity index (χ3v) is 2.71. The summed E-state index contributed by atoms with van der Waals surface area (Å²) in [4.78, 5) is 14.2. The molecule has 0 aliphatic carbocycles. The van der Waals surface area contributed by atoms with Gasteiger partial charge in [0.1, 0.15) is 6.07 Å². The molecule has 2 rings (SSSR count). The first kappa shape index (κ1) is 12.3. The van der Waals surface area contributed by atoms with Gasteiger partial charge in [-0.25, -0.2) is 4.98 Å². The minimum atomic E-state index is -0.550. The number of aromatic nitrogens is 1.